The van der Waals surface area contributed by atoms with Crippen LogP contribution < -0.4 is 4.90 Å². The number of carbonyl (C=O) groups is 1. The molecule has 0 unspecified atom stereocenters. The van der Waals surface area contributed by atoms with Gasteiger partial charge in [-0.3, -0.25) is 4.79 Å². The smallest absolute Gasteiger partial charge is 0.251 e. The van der Waals surface area contributed by atoms with Crippen molar-refractivity contribution in [3.05, 3.63) is 29.3 Å². The highest BCUT2D eigenvalue weighted by atomic mass is 35.5. The SMILES string of the molecule is O=C(N=C1S[C@H]2CS(=O)(=O)C[C@@H]2N1c1ccccc1Cl)C1CC1. The van der Waals surface area contributed by atoms with Crippen molar-refractivity contribution in [2.45, 2.75) is 24.1 Å². The quantitative estimate of drug-likeness (QED) is 0.799. The van der Waals surface area contributed by atoms with E-state index in [1.54, 1.807) is 6.07 Å². The Morgan fingerprint density at radius 1 is 1.26 bits per heavy atom. The van der Waals surface area contributed by atoms with Gasteiger partial charge in [0.1, 0.15) is 0 Å². The van der Waals surface area contributed by atoms with Crippen LogP contribution in [0.4, 0.5) is 5.69 Å². The van der Waals surface area contributed by atoms with E-state index in [4.69, 9.17) is 11.6 Å². The van der Waals surface area contributed by atoms with Crippen LogP contribution in [0.15, 0.2) is 29.3 Å². The molecule has 8 heteroatoms. The molecular formula is C15H15ClN2O3S2. The summed E-state index contributed by atoms with van der Waals surface area (Å²) in [7, 11) is -3.06. The number of hydrogen-bond acceptors (Lipinski definition) is 4. The van der Waals surface area contributed by atoms with Crippen molar-refractivity contribution < 1.29 is 13.2 Å². The average molecular weight is 371 g/mol. The zero-order chi connectivity index (χ0) is 16.2. The van der Waals surface area contributed by atoms with Crippen molar-refractivity contribution in [3.63, 3.8) is 0 Å². The van der Waals surface area contributed by atoms with Gasteiger partial charge in [0.25, 0.3) is 5.91 Å². The van der Waals surface area contributed by atoms with Crippen LogP contribution in [-0.4, -0.2) is 42.3 Å². The first kappa shape index (κ1) is 15.5. The number of thioether (sulfide) groups is 1. The first-order valence-corrected chi connectivity index (χ1v) is 10.6. The van der Waals surface area contributed by atoms with Gasteiger partial charge in [0, 0.05) is 11.2 Å². The molecule has 1 aromatic carbocycles. The lowest BCUT2D eigenvalue weighted by Gasteiger charge is -2.25. The van der Waals surface area contributed by atoms with Gasteiger partial charge in [-0.1, -0.05) is 35.5 Å². The lowest BCUT2D eigenvalue weighted by atomic mass is 10.2. The number of hydrogen-bond donors (Lipinski definition) is 0. The molecule has 0 radical (unpaired) electrons. The number of benzene rings is 1. The lowest BCUT2D eigenvalue weighted by Crippen LogP contribution is -2.38. The predicted molar refractivity (Wildman–Crippen MR) is 92.9 cm³/mol. The number of sulfone groups is 1. The van der Waals surface area contributed by atoms with Crippen LogP contribution in [0, 0.1) is 5.92 Å². The Kier molecular flexibility index (Phi) is 3.70. The van der Waals surface area contributed by atoms with E-state index in [0.29, 0.717) is 15.9 Å². The van der Waals surface area contributed by atoms with Gasteiger partial charge < -0.3 is 4.90 Å². The van der Waals surface area contributed by atoms with E-state index in [1.165, 1.54) is 11.8 Å². The summed E-state index contributed by atoms with van der Waals surface area (Å²) < 4.78 is 23.9. The number of fused-ring (bicyclic) bond motifs is 1. The molecule has 2 aliphatic heterocycles. The largest absolute Gasteiger partial charge is 0.314 e. The molecule has 1 amide bonds. The van der Waals surface area contributed by atoms with E-state index in [0.717, 1.165) is 12.8 Å². The molecule has 0 N–H and O–H groups in total. The number of aliphatic imine (C=N–C) groups is 1. The van der Waals surface area contributed by atoms with Crippen LogP contribution in [0.2, 0.25) is 5.02 Å². The second-order valence-electron chi connectivity index (χ2n) is 6.13. The maximum atomic E-state index is 12.1. The molecular weight excluding hydrogens is 356 g/mol. The third kappa shape index (κ3) is 2.90. The van der Waals surface area contributed by atoms with Crippen LogP contribution in [0.25, 0.3) is 0 Å². The van der Waals surface area contributed by atoms with E-state index in [9.17, 15) is 13.2 Å². The van der Waals surface area contributed by atoms with Crippen molar-refractivity contribution in [1.29, 1.82) is 0 Å². The Hall–Kier alpha value is -1.05. The summed E-state index contributed by atoms with van der Waals surface area (Å²) in [5.41, 5.74) is 0.716. The van der Waals surface area contributed by atoms with Crippen molar-refractivity contribution in [2.24, 2.45) is 10.9 Å². The van der Waals surface area contributed by atoms with Gasteiger partial charge in [0.15, 0.2) is 15.0 Å². The zero-order valence-electron chi connectivity index (χ0n) is 12.2. The van der Waals surface area contributed by atoms with Crippen molar-refractivity contribution in [1.82, 2.24) is 0 Å². The Balaban J connectivity index is 1.75. The summed E-state index contributed by atoms with van der Waals surface area (Å²) in [6.45, 7) is 0. The topological polar surface area (TPSA) is 66.8 Å². The molecule has 1 aromatic rings. The Morgan fingerprint density at radius 3 is 2.70 bits per heavy atom. The highest BCUT2D eigenvalue weighted by Crippen LogP contribution is 2.43. The minimum atomic E-state index is -3.06. The van der Waals surface area contributed by atoms with Crippen molar-refractivity contribution in [3.8, 4) is 0 Å². The first-order chi connectivity index (χ1) is 10.9. The van der Waals surface area contributed by atoms with E-state index in [2.05, 4.69) is 4.99 Å². The average Bonchev–Trinajstić information content (AvgIpc) is 3.22. The summed E-state index contributed by atoms with van der Waals surface area (Å²) in [4.78, 5) is 18.2. The molecule has 4 rings (SSSR count). The monoisotopic (exact) mass is 370 g/mol. The number of amides is 1. The number of amidine groups is 1. The van der Waals surface area contributed by atoms with Crippen LogP contribution in [-0.2, 0) is 14.6 Å². The number of carbonyl (C=O) groups excluding carboxylic acids is 1. The molecule has 0 spiro atoms. The lowest BCUT2D eigenvalue weighted by molar-refractivity contribution is -0.118. The molecule has 5 nitrogen and oxygen atoms in total. The highest BCUT2D eigenvalue weighted by molar-refractivity contribution is 8.16. The number of rotatable bonds is 2. The van der Waals surface area contributed by atoms with Gasteiger partial charge in [-0.25, -0.2) is 8.42 Å². The Morgan fingerprint density at radius 2 is 2.00 bits per heavy atom. The van der Waals surface area contributed by atoms with Gasteiger partial charge in [-0.2, -0.15) is 4.99 Å². The van der Waals surface area contributed by atoms with Gasteiger partial charge in [0.2, 0.25) is 0 Å². The minimum absolute atomic E-state index is 0.0420. The zero-order valence-corrected chi connectivity index (χ0v) is 14.6. The maximum Gasteiger partial charge on any atom is 0.251 e. The number of anilines is 1. The fourth-order valence-corrected chi connectivity index (χ4v) is 7.15. The summed E-state index contributed by atoms with van der Waals surface area (Å²) in [6, 6.07) is 7.06. The molecule has 1 aliphatic carbocycles. The summed E-state index contributed by atoms with van der Waals surface area (Å²) in [6.07, 6.45) is 1.79. The highest BCUT2D eigenvalue weighted by Gasteiger charge is 2.50. The van der Waals surface area contributed by atoms with Crippen LogP contribution in [0.3, 0.4) is 0 Å². The standard InChI is InChI=1S/C15H15ClN2O3S2/c16-10-3-1-2-4-11(10)18-12-7-23(20,21)8-13(12)22-15(18)17-14(19)9-5-6-9/h1-4,9,12-13H,5-8H2/t12-,13-/m0/s1. The summed E-state index contributed by atoms with van der Waals surface area (Å²) in [5, 5.41) is 1.02. The van der Waals surface area contributed by atoms with Crippen molar-refractivity contribution in [2.75, 3.05) is 16.4 Å². The molecule has 3 fully saturated rings. The maximum absolute atomic E-state index is 12.1. The van der Waals surface area contributed by atoms with E-state index in [-0.39, 0.29) is 34.6 Å². The van der Waals surface area contributed by atoms with Gasteiger partial charge in [-0.15, -0.1) is 0 Å². The Labute approximate surface area is 144 Å². The van der Waals surface area contributed by atoms with E-state index < -0.39 is 9.84 Å². The number of nitrogens with zero attached hydrogens (tertiary/aromatic N) is 2. The van der Waals surface area contributed by atoms with E-state index >= 15 is 0 Å². The van der Waals surface area contributed by atoms with Gasteiger partial charge >= 0.3 is 0 Å². The predicted octanol–water partition coefficient (Wildman–Crippen LogP) is 2.35. The van der Waals surface area contributed by atoms with Gasteiger partial charge in [-0.05, 0) is 25.0 Å². The normalized spacial score (nSPS) is 30.7. The molecule has 2 atom stereocenters. The molecule has 3 aliphatic rings. The third-order valence-corrected chi connectivity index (χ3v) is 7.84. The number of para-hydroxylation sites is 1. The molecule has 0 aromatic heterocycles. The summed E-state index contributed by atoms with van der Waals surface area (Å²) in [5.74, 6) is 0.139. The molecule has 1 saturated carbocycles. The molecule has 2 heterocycles. The minimum Gasteiger partial charge on any atom is -0.314 e. The fourth-order valence-electron chi connectivity index (χ4n) is 3.01. The van der Waals surface area contributed by atoms with Gasteiger partial charge in [0.05, 0.1) is 28.3 Å². The molecule has 2 saturated heterocycles. The van der Waals surface area contributed by atoms with E-state index in [1.807, 2.05) is 23.1 Å². The molecule has 23 heavy (non-hydrogen) atoms. The number of halogens is 1. The van der Waals surface area contributed by atoms with Crippen LogP contribution in [0.1, 0.15) is 12.8 Å². The molecule has 122 valence electrons. The second kappa shape index (κ2) is 5.50. The summed E-state index contributed by atoms with van der Waals surface area (Å²) >= 11 is 7.69. The van der Waals surface area contributed by atoms with Crippen molar-refractivity contribution >= 4 is 50.0 Å². The Bertz CT molecular complexity index is 805. The second-order valence-corrected chi connectivity index (χ2v) is 9.90. The first-order valence-electron chi connectivity index (χ1n) is 7.48. The van der Waals surface area contributed by atoms with Crippen LogP contribution >= 0.6 is 23.4 Å². The molecule has 0 bridgehead atoms. The third-order valence-electron chi connectivity index (χ3n) is 4.31. The van der Waals surface area contributed by atoms with Crippen LogP contribution in [0.5, 0.6) is 0 Å². The fraction of sp³-hybridized carbons (Fsp3) is 0.467.